The third kappa shape index (κ3) is 4.15. The van der Waals surface area contributed by atoms with Crippen molar-refractivity contribution in [2.45, 2.75) is 6.92 Å². The lowest BCUT2D eigenvalue weighted by Crippen LogP contribution is -2.01. The Morgan fingerprint density at radius 2 is 1.62 bits per heavy atom. The van der Waals surface area contributed by atoms with Crippen LogP contribution in [-0.2, 0) is 0 Å². The van der Waals surface area contributed by atoms with Gasteiger partial charge >= 0.3 is 0 Å². The lowest BCUT2D eigenvalue weighted by atomic mass is 10.2. The molecule has 3 rings (SSSR count). The molecule has 2 aromatic carbocycles. The maximum absolute atomic E-state index is 6.16. The number of rotatable bonds is 6. The Labute approximate surface area is 157 Å². The summed E-state index contributed by atoms with van der Waals surface area (Å²) < 4.78 is 10.6. The summed E-state index contributed by atoms with van der Waals surface area (Å²) in [7, 11) is 3.20. The van der Waals surface area contributed by atoms with Gasteiger partial charge in [0.25, 0.3) is 0 Å². The highest BCUT2D eigenvalue weighted by molar-refractivity contribution is 6.31. The average molecular weight is 371 g/mol. The molecule has 0 aliphatic carbocycles. The van der Waals surface area contributed by atoms with E-state index in [1.54, 1.807) is 26.5 Å². The fraction of sp³-hybridized carbons (Fsp3) is 0.158. The van der Waals surface area contributed by atoms with E-state index in [4.69, 9.17) is 21.1 Å². The highest BCUT2D eigenvalue weighted by Gasteiger charge is 2.06. The second-order valence-electron chi connectivity index (χ2n) is 5.55. The Hall–Kier alpha value is -2.99. The molecule has 0 saturated heterocycles. The minimum absolute atomic E-state index is 0.468. The molecule has 0 spiro atoms. The molecule has 0 bridgehead atoms. The van der Waals surface area contributed by atoms with E-state index in [1.807, 2.05) is 43.3 Å². The van der Waals surface area contributed by atoms with Crippen molar-refractivity contribution in [2.75, 3.05) is 24.9 Å². The first kappa shape index (κ1) is 17.8. The molecule has 0 aliphatic heterocycles. The van der Waals surface area contributed by atoms with E-state index in [0.29, 0.717) is 28.3 Å². The molecule has 6 nitrogen and oxygen atoms in total. The van der Waals surface area contributed by atoms with Crippen molar-refractivity contribution in [3.8, 4) is 11.5 Å². The molecule has 1 heterocycles. The van der Waals surface area contributed by atoms with Crippen LogP contribution in [0.3, 0.4) is 0 Å². The van der Waals surface area contributed by atoms with Crippen LogP contribution in [0.4, 0.5) is 23.1 Å². The number of hydrogen-bond acceptors (Lipinski definition) is 6. The van der Waals surface area contributed by atoms with Crippen molar-refractivity contribution < 1.29 is 9.47 Å². The molecule has 0 fully saturated rings. The van der Waals surface area contributed by atoms with Crippen molar-refractivity contribution in [3.05, 3.63) is 59.2 Å². The molecule has 26 heavy (non-hydrogen) atoms. The number of hydrogen-bond donors (Lipinski definition) is 2. The maximum atomic E-state index is 6.16. The van der Waals surface area contributed by atoms with Crippen LogP contribution in [0.25, 0.3) is 0 Å². The number of methoxy groups -OCH3 is 2. The van der Waals surface area contributed by atoms with Gasteiger partial charge in [0.2, 0.25) is 5.95 Å². The largest absolute Gasteiger partial charge is 0.493 e. The second kappa shape index (κ2) is 7.93. The summed E-state index contributed by atoms with van der Waals surface area (Å²) in [5.74, 6) is 2.42. The molecule has 134 valence electrons. The summed E-state index contributed by atoms with van der Waals surface area (Å²) in [5, 5.41) is 7.06. The van der Waals surface area contributed by atoms with Crippen LogP contribution < -0.4 is 20.1 Å². The standard InChI is InChI=1S/C19H19ClN4O2/c1-12-4-5-13(10-15(12)20)23-19-21-9-8-18(24-19)22-14-6-7-16(25-2)17(11-14)26-3/h4-11H,1-3H3,(H2,21,22,23,24). The fourth-order valence-corrected chi connectivity index (χ4v) is 2.53. The summed E-state index contributed by atoms with van der Waals surface area (Å²) in [5.41, 5.74) is 2.66. The molecule has 0 saturated carbocycles. The number of benzene rings is 2. The van der Waals surface area contributed by atoms with Crippen LogP contribution in [0, 0.1) is 6.92 Å². The predicted octanol–water partition coefficient (Wildman–Crippen LogP) is 4.94. The predicted molar refractivity (Wildman–Crippen MR) is 104 cm³/mol. The van der Waals surface area contributed by atoms with Gasteiger partial charge in [-0.1, -0.05) is 17.7 Å². The minimum atomic E-state index is 0.468. The molecule has 3 aromatic rings. The summed E-state index contributed by atoms with van der Waals surface area (Å²) in [6, 6.07) is 13.0. The number of aryl methyl sites for hydroxylation is 1. The third-order valence-corrected chi connectivity index (χ3v) is 4.15. The van der Waals surface area contributed by atoms with Crippen LogP contribution in [0.15, 0.2) is 48.7 Å². The van der Waals surface area contributed by atoms with Crippen molar-refractivity contribution >= 4 is 34.7 Å². The second-order valence-corrected chi connectivity index (χ2v) is 5.96. The zero-order chi connectivity index (χ0) is 18.5. The normalized spacial score (nSPS) is 10.3. The zero-order valence-electron chi connectivity index (χ0n) is 14.7. The van der Waals surface area contributed by atoms with Gasteiger partial charge in [0.15, 0.2) is 11.5 Å². The van der Waals surface area contributed by atoms with Crippen molar-refractivity contribution in [1.29, 1.82) is 0 Å². The number of aromatic nitrogens is 2. The third-order valence-electron chi connectivity index (χ3n) is 3.74. The van der Waals surface area contributed by atoms with Gasteiger partial charge in [-0.25, -0.2) is 4.98 Å². The quantitative estimate of drug-likeness (QED) is 0.640. The van der Waals surface area contributed by atoms with E-state index in [-0.39, 0.29) is 0 Å². The molecule has 2 N–H and O–H groups in total. The van der Waals surface area contributed by atoms with Crippen LogP contribution in [0.1, 0.15) is 5.56 Å². The van der Waals surface area contributed by atoms with Gasteiger partial charge in [-0.3, -0.25) is 0 Å². The van der Waals surface area contributed by atoms with Crippen LogP contribution in [0.2, 0.25) is 5.02 Å². The highest BCUT2D eigenvalue weighted by Crippen LogP contribution is 2.31. The summed E-state index contributed by atoms with van der Waals surface area (Å²) in [6.45, 7) is 1.95. The molecular weight excluding hydrogens is 352 g/mol. The topological polar surface area (TPSA) is 68.3 Å². The van der Waals surface area contributed by atoms with Gasteiger partial charge in [-0.15, -0.1) is 0 Å². The summed E-state index contributed by atoms with van der Waals surface area (Å²) in [4.78, 5) is 8.70. The number of anilines is 4. The van der Waals surface area contributed by atoms with E-state index in [1.165, 1.54) is 0 Å². The van der Waals surface area contributed by atoms with Crippen LogP contribution in [-0.4, -0.2) is 24.2 Å². The molecule has 0 atom stereocenters. The van der Waals surface area contributed by atoms with Crippen LogP contribution in [0.5, 0.6) is 11.5 Å². The number of nitrogens with zero attached hydrogens (tertiary/aromatic N) is 2. The van der Waals surface area contributed by atoms with Gasteiger partial charge in [0.05, 0.1) is 14.2 Å². The van der Waals surface area contributed by atoms with Gasteiger partial charge in [-0.2, -0.15) is 4.98 Å². The molecule has 0 radical (unpaired) electrons. The molecule has 7 heteroatoms. The lowest BCUT2D eigenvalue weighted by molar-refractivity contribution is 0.355. The smallest absolute Gasteiger partial charge is 0.229 e. The van der Waals surface area contributed by atoms with E-state index in [9.17, 15) is 0 Å². The van der Waals surface area contributed by atoms with E-state index >= 15 is 0 Å². The molecule has 1 aromatic heterocycles. The Balaban J connectivity index is 1.78. The van der Waals surface area contributed by atoms with E-state index in [2.05, 4.69) is 20.6 Å². The fourth-order valence-electron chi connectivity index (χ4n) is 2.35. The number of nitrogens with one attached hydrogen (secondary N) is 2. The van der Waals surface area contributed by atoms with Crippen LogP contribution >= 0.6 is 11.6 Å². The average Bonchev–Trinajstić information content (AvgIpc) is 2.65. The van der Waals surface area contributed by atoms with Crippen molar-refractivity contribution in [3.63, 3.8) is 0 Å². The summed E-state index contributed by atoms with van der Waals surface area (Å²) >= 11 is 6.16. The van der Waals surface area contributed by atoms with Gasteiger partial charge in [-0.05, 0) is 42.8 Å². The Bertz CT molecular complexity index is 918. The summed E-state index contributed by atoms with van der Waals surface area (Å²) in [6.07, 6.45) is 1.67. The van der Waals surface area contributed by atoms with Gasteiger partial charge in [0, 0.05) is 28.7 Å². The molecule has 0 amide bonds. The molecule has 0 unspecified atom stereocenters. The highest BCUT2D eigenvalue weighted by atomic mass is 35.5. The van der Waals surface area contributed by atoms with Crippen molar-refractivity contribution in [2.24, 2.45) is 0 Å². The zero-order valence-corrected chi connectivity index (χ0v) is 15.5. The SMILES string of the molecule is COc1ccc(Nc2ccnc(Nc3ccc(C)c(Cl)c3)n2)cc1OC. The first-order chi connectivity index (χ1) is 12.6. The monoisotopic (exact) mass is 370 g/mol. The Morgan fingerprint density at radius 3 is 2.35 bits per heavy atom. The minimum Gasteiger partial charge on any atom is -0.493 e. The van der Waals surface area contributed by atoms with E-state index in [0.717, 1.165) is 16.9 Å². The van der Waals surface area contributed by atoms with Gasteiger partial charge in [0.1, 0.15) is 5.82 Å². The Morgan fingerprint density at radius 1 is 0.885 bits per heavy atom. The molecule has 0 aliphatic rings. The number of halogens is 1. The first-order valence-corrected chi connectivity index (χ1v) is 8.32. The van der Waals surface area contributed by atoms with Crippen molar-refractivity contribution in [1.82, 2.24) is 9.97 Å². The lowest BCUT2D eigenvalue weighted by Gasteiger charge is -2.12. The molecular formula is C19H19ClN4O2. The maximum Gasteiger partial charge on any atom is 0.229 e. The number of ether oxygens (including phenoxy) is 2. The Kier molecular flexibility index (Phi) is 5.43. The van der Waals surface area contributed by atoms with E-state index < -0.39 is 0 Å². The first-order valence-electron chi connectivity index (χ1n) is 7.94. The van der Waals surface area contributed by atoms with Gasteiger partial charge < -0.3 is 20.1 Å².